The van der Waals surface area contributed by atoms with E-state index < -0.39 is 0 Å². The number of benzene rings is 1. The van der Waals surface area contributed by atoms with E-state index in [1.54, 1.807) is 18.3 Å². The Hall–Kier alpha value is -1.81. The Morgan fingerprint density at radius 3 is 2.95 bits per heavy atom. The van der Waals surface area contributed by atoms with E-state index in [0.29, 0.717) is 6.54 Å². The van der Waals surface area contributed by atoms with Gasteiger partial charge in [-0.25, -0.2) is 0 Å². The van der Waals surface area contributed by atoms with Crippen LogP contribution in [0.3, 0.4) is 0 Å². The number of carbonyl (C=O) groups excluding carboxylic acids is 1. The minimum atomic E-state index is 0.0269. The first-order valence-electron chi connectivity index (χ1n) is 6.88. The number of thiophene rings is 1. The van der Waals surface area contributed by atoms with Crippen molar-refractivity contribution in [3.63, 3.8) is 0 Å². The van der Waals surface area contributed by atoms with Crippen LogP contribution < -0.4 is 10.2 Å². The third-order valence-corrected chi connectivity index (χ3v) is 4.69. The smallest absolute Gasteiger partial charge is 0.216 e. The molecular weight excluding hydrogens is 268 g/mol. The lowest BCUT2D eigenvalue weighted by Crippen LogP contribution is -2.36. The first-order chi connectivity index (χ1) is 9.75. The van der Waals surface area contributed by atoms with Gasteiger partial charge in [0.05, 0.1) is 6.04 Å². The third-order valence-electron chi connectivity index (χ3n) is 3.72. The first kappa shape index (κ1) is 13.2. The number of hydrogen-bond donors (Lipinski definition) is 1. The standard InChI is InChI=1S/C16H18N2OS/c1-12(19)17-11-15(16-7-4-10-20-16)18-9-8-13-5-2-3-6-14(13)18/h2-7,10,15H,8-9,11H2,1H3,(H,17,19). The van der Waals surface area contributed by atoms with Crippen molar-refractivity contribution in [2.24, 2.45) is 0 Å². The van der Waals surface area contributed by atoms with Crippen molar-refractivity contribution in [2.75, 3.05) is 18.0 Å². The zero-order valence-corrected chi connectivity index (χ0v) is 12.3. The maximum absolute atomic E-state index is 11.3. The summed E-state index contributed by atoms with van der Waals surface area (Å²) in [5.41, 5.74) is 2.70. The molecule has 0 saturated carbocycles. The number of hydrogen-bond acceptors (Lipinski definition) is 3. The number of anilines is 1. The van der Waals surface area contributed by atoms with Crippen LogP contribution in [-0.4, -0.2) is 19.0 Å². The Kier molecular flexibility index (Phi) is 3.74. The number of amides is 1. The largest absolute Gasteiger partial charge is 0.361 e. The van der Waals surface area contributed by atoms with Crippen LogP contribution >= 0.6 is 11.3 Å². The Labute approximate surface area is 123 Å². The number of para-hydroxylation sites is 1. The highest BCUT2D eigenvalue weighted by molar-refractivity contribution is 7.10. The molecule has 3 rings (SSSR count). The Bertz CT molecular complexity index is 594. The monoisotopic (exact) mass is 286 g/mol. The van der Waals surface area contributed by atoms with Crippen LogP contribution in [0.2, 0.25) is 0 Å². The first-order valence-corrected chi connectivity index (χ1v) is 7.76. The van der Waals surface area contributed by atoms with Gasteiger partial charge in [-0.05, 0) is 29.5 Å². The molecule has 0 radical (unpaired) electrons. The van der Waals surface area contributed by atoms with Gasteiger partial charge in [0.25, 0.3) is 0 Å². The van der Waals surface area contributed by atoms with Gasteiger partial charge in [-0.2, -0.15) is 0 Å². The molecule has 1 aromatic heterocycles. The second-order valence-corrected chi connectivity index (χ2v) is 6.02. The summed E-state index contributed by atoms with van der Waals surface area (Å²) >= 11 is 1.75. The van der Waals surface area contributed by atoms with Crippen LogP contribution in [0.15, 0.2) is 41.8 Å². The lowest BCUT2D eigenvalue weighted by atomic mass is 10.1. The number of nitrogens with one attached hydrogen (secondary N) is 1. The van der Waals surface area contributed by atoms with Crippen LogP contribution in [0.4, 0.5) is 5.69 Å². The van der Waals surface area contributed by atoms with Gasteiger partial charge in [-0.15, -0.1) is 11.3 Å². The third kappa shape index (κ3) is 2.56. The molecule has 4 heteroatoms. The molecule has 3 nitrogen and oxygen atoms in total. The summed E-state index contributed by atoms with van der Waals surface area (Å²) in [6.45, 7) is 3.25. The summed E-state index contributed by atoms with van der Waals surface area (Å²) in [6.07, 6.45) is 1.08. The van der Waals surface area contributed by atoms with Gasteiger partial charge >= 0.3 is 0 Å². The lowest BCUT2D eigenvalue weighted by Gasteiger charge is -2.30. The Morgan fingerprint density at radius 1 is 1.35 bits per heavy atom. The van der Waals surface area contributed by atoms with Crippen molar-refractivity contribution in [3.8, 4) is 0 Å². The minimum absolute atomic E-state index is 0.0269. The topological polar surface area (TPSA) is 32.3 Å². The fraction of sp³-hybridized carbons (Fsp3) is 0.312. The molecule has 0 spiro atoms. The van der Waals surface area contributed by atoms with Gasteiger partial charge < -0.3 is 10.2 Å². The average Bonchev–Trinajstić information content (AvgIpc) is 3.09. The SMILES string of the molecule is CC(=O)NCC(c1cccs1)N1CCc2ccccc21. The Balaban J connectivity index is 1.88. The van der Waals surface area contributed by atoms with E-state index in [-0.39, 0.29) is 11.9 Å². The molecule has 1 N–H and O–H groups in total. The number of nitrogens with zero attached hydrogens (tertiary/aromatic N) is 1. The second-order valence-electron chi connectivity index (χ2n) is 5.04. The van der Waals surface area contributed by atoms with E-state index in [1.165, 1.54) is 16.1 Å². The van der Waals surface area contributed by atoms with Gasteiger partial charge in [0.2, 0.25) is 5.91 Å². The summed E-state index contributed by atoms with van der Waals surface area (Å²) < 4.78 is 0. The lowest BCUT2D eigenvalue weighted by molar-refractivity contribution is -0.119. The van der Waals surface area contributed by atoms with E-state index in [9.17, 15) is 4.79 Å². The minimum Gasteiger partial charge on any atom is -0.361 e. The van der Waals surface area contributed by atoms with E-state index in [4.69, 9.17) is 0 Å². The summed E-state index contributed by atoms with van der Waals surface area (Å²) in [5, 5.41) is 5.06. The molecule has 2 heterocycles. The van der Waals surface area contributed by atoms with Crippen LogP contribution in [0.5, 0.6) is 0 Å². The fourth-order valence-corrected chi connectivity index (χ4v) is 3.61. The molecule has 0 fully saturated rings. The molecular formula is C16H18N2OS. The van der Waals surface area contributed by atoms with E-state index in [2.05, 4.69) is 52.0 Å². The highest BCUT2D eigenvalue weighted by atomic mass is 32.1. The molecule has 20 heavy (non-hydrogen) atoms. The molecule has 1 aliphatic rings. The average molecular weight is 286 g/mol. The highest BCUT2D eigenvalue weighted by Crippen LogP contribution is 2.36. The molecule has 1 atom stereocenters. The van der Waals surface area contributed by atoms with Crippen LogP contribution in [0.25, 0.3) is 0 Å². The summed E-state index contributed by atoms with van der Waals surface area (Å²) in [4.78, 5) is 15.0. The van der Waals surface area contributed by atoms with Crippen LogP contribution in [0.1, 0.15) is 23.4 Å². The van der Waals surface area contributed by atoms with Crippen molar-refractivity contribution < 1.29 is 4.79 Å². The van der Waals surface area contributed by atoms with Gasteiger partial charge in [0, 0.05) is 30.6 Å². The van der Waals surface area contributed by atoms with E-state index in [0.717, 1.165) is 13.0 Å². The maximum Gasteiger partial charge on any atom is 0.216 e. The van der Waals surface area contributed by atoms with Crippen LogP contribution in [-0.2, 0) is 11.2 Å². The van der Waals surface area contributed by atoms with Gasteiger partial charge in [-0.1, -0.05) is 24.3 Å². The molecule has 0 bridgehead atoms. The Morgan fingerprint density at radius 2 is 2.20 bits per heavy atom. The van der Waals surface area contributed by atoms with Gasteiger partial charge in [0.15, 0.2) is 0 Å². The van der Waals surface area contributed by atoms with E-state index in [1.807, 2.05) is 0 Å². The quantitative estimate of drug-likeness (QED) is 0.937. The molecule has 1 aliphatic heterocycles. The molecule has 2 aromatic rings. The number of carbonyl (C=O) groups is 1. The predicted molar refractivity (Wildman–Crippen MR) is 83.2 cm³/mol. The van der Waals surface area contributed by atoms with Gasteiger partial charge in [-0.3, -0.25) is 4.79 Å². The number of fused-ring (bicyclic) bond motifs is 1. The highest BCUT2D eigenvalue weighted by Gasteiger charge is 2.27. The number of rotatable bonds is 4. The zero-order chi connectivity index (χ0) is 13.9. The van der Waals surface area contributed by atoms with Crippen molar-refractivity contribution in [1.82, 2.24) is 5.32 Å². The van der Waals surface area contributed by atoms with E-state index >= 15 is 0 Å². The molecule has 0 saturated heterocycles. The van der Waals surface area contributed by atoms with Crippen molar-refractivity contribution >= 4 is 22.9 Å². The zero-order valence-electron chi connectivity index (χ0n) is 11.5. The van der Waals surface area contributed by atoms with Crippen molar-refractivity contribution in [1.29, 1.82) is 0 Å². The molecule has 104 valence electrons. The van der Waals surface area contributed by atoms with Gasteiger partial charge in [0.1, 0.15) is 0 Å². The molecule has 1 aromatic carbocycles. The summed E-state index contributed by atoms with van der Waals surface area (Å²) in [5.74, 6) is 0.0269. The second kappa shape index (κ2) is 5.67. The summed E-state index contributed by atoms with van der Waals surface area (Å²) in [6, 6.07) is 13.0. The maximum atomic E-state index is 11.3. The normalized spacial score (nSPS) is 14.9. The molecule has 1 amide bonds. The van der Waals surface area contributed by atoms with Crippen LogP contribution in [0, 0.1) is 0 Å². The van der Waals surface area contributed by atoms with Crippen molar-refractivity contribution in [3.05, 3.63) is 52.2 Å². The predicted octanol–water partition coefficient (Wildman–Crippen LogP) is 2.99. The molecule has 1 unspecified atom stereocenters. The molecule has 0 aliphatic carbocycles. The van der Waals surface area contributed by atoms with Crippen molar-refractivity contribution in [2.45, 2.75) is 19.4 Å². The fourth-order valence-electron chi connectivity index (χ4n) is 2.77. The summed E-state index contributed by atoms with van der Waals surface area (Å²) in [7, 11) is 0.